The molecule has 0 saturated heterocycles. The number of pyridine rings is 1. The fourth-order valence-electron chi connectivity index (χ4n) is 2.09. The molecule has 98 valence electrons. The molecule has 19 heavy (non-hydrogen) atoms. The summed E-state index contributed by atoms with van der Waals surface area (Å²) in [5, 5.41) is 0.911. The largest absolute Gasteiger partial charge is 0.493 e. The van der Waals surface area contributed by atoms with Crippen molar-refractivity contribution >= 4 is 27.8 Å². The van der Waals surface area contributed by atoms with Crippen LogP contribution in [0.3, 0.4) is 0 Å². The van der Waals surface area contributed by atoms with Crippen LogP contribution in [0.1, 0.15) is 13.8 Å². The Morgan fingerprint density at radius 3 is 3.00 bits per heavy atom. The van der Waals surface area contributed by atoms with Gasteiger partial charge < -0.3 is 15.5 Å². The van der Waals surface area contributed by atoms with Crippen molar-refractivity contribution in [1.29, 1.82) is 0 Å². The maximum Gasteiger partial charge on any atom is 0.150 e. The molecule has 3 rings (SSSR count). The number of imidazole rings is 1. The number of ether oxygens (including phenoxy) is 1. The second-order valence-electron chi connectivity index (χ2n) is 4.98. The molecule has 0 fully saturated rings. The van der Waals surface area contributed by atoms with Gasteiger partial charge in [-0.3, -0.25) is 0 Å². The van der Waals surface area contributed by atoms with Gasteiger partial charge in [0.05, 0.1) is 23.8 Å². The zero-order chi connectivity index (χ0) is 13.4. The van der Waals surface area contributed by atoms with Crippen LogP contribution in [0.2, 0.25) is 0 Å². The molecular weight excluding hydrogens is 240 g/mol. The summed E-state index contributed by atoms with van der Waals surface area (Å²) in [7, 11) is 0. The third kappa shape index (κ3) is 1.97. The van der Waals surface area contributed by atoms with E-state index < -0.39 is 0 Å². The molecule has 2 aromatic heterocycles. The van der Waals surface area contributed by atoms with Gasteiger partial charge in [-0.25, -0.2) is 9.97 Å². The van der Waals surface area contributed by atoms with E-state index in [1.165, 1.54) is 0 Å². The summed E-state index contributed by atoms with van der Waals surface area (Å²) in [4.78, 5) is 11.7. The SMILES string of the molecule is CC(C)COc1cccc2nc(N)c3[nH]cnc3c12. The van der Waals surface area contributed by atoms with Gasteiger partial charge in [0.1, 0.15) is 22.6 Å². The van der Waals surface area contributed by atoms with E-state index in [0.717, 1.165) is 27.7 Å². The van der Waals surface area contributed by atoms with Gasteiger partial charge in [-0.15, -0.1) is 0 Å². The van der Waals surface area contributed by atoms with E-state index in [2.05, 4.69) is 28.8 Å². The summed E-state index contributed by atoms with van der Waals surface area (Å²) < 4.78 is 5.86. The summed E-state index contributed by atoms with van der Waals surface area (Å²) >= 11 is 0. The minimum absolute atomic E-state index is 0.459. The minimum atomic E-state index is 0.459. The first-order valence-electron chi connectivity index (χ1n) is 6.31. The molecule has 5 heteroatoms. The first-order valence-corrected chi connectivity index (χ1v) is 6.31. The fraction of sp³-hybridized carbons (Fsp3) is 0.286. The molecule has 0 unspecified atom stereocenters. The highest BCUT2D eigenvalue weighted by Gasteiger charge is 2.13. The molecule has 0 atom stereocenters. The van der Waals surface area contributed by atoms with Crippen LogP contribution in [-0.4, -0.2) is 21.6 Å². The molecule has 0 aliphatic carbocycles. The molecule has 0 amide bonds. The summed E-state index contributed by atoms with van der Waals surface area (Å²) in [6, 6.07) is 5.78. The van der Waals surface area contributed by atoms with Crippen LogP contribution >= 0.6 is 0 Å². The second-order valence-corrected chi connectivity index (χ2v) is 4.98. The number of rotatable bonds is 3. The Balaban J connectivity index is 2.25. The zero-order valence-electron chi connectivity index (χ0n) is 11.0. The standard InChI is InChI=1S/C14H16N4O/c1-8(2)6-19-10-5-3-4-9-11(10)12-13(14(15)18-9)17-7-16-12/h3-5,7-8H,6H2,1-2H3,(H2,15,18)(H,16,17). The summed E-state index contributed by atoms with van der Waals surface area (Å²) in [6.07, 6.45) is 1.63. The Morgan fingerprint density at radius 1 is 1.37 bits per heavy atom. The quantitative estimate of drug-likeness (QED) is 0.755. The van der Waals surface area contributed by atoms with Crippen LogP contribution in [0.25, 0.3) is 21.9 Å². The number of hydrogen-bond acceptors (Lipinski definition) is 4. The molecule has 0 spiro atoms. The Kier molecular flexibility index (Phi) is 2.74. The highest BCUT2D eigenvalue weighted by Crippen LogP contribution is 2.32. The molecule has 2 heterocycles. The van der Waals surface area contributed by atoms with E-state index in [1.54, 1.807) is 6.33 Å². The zero-order valence-corrected chi connectivity index (χ0v) is 11.0. The lowest BCUT2D eigenvalue weighted by Gasteiger charge is -2.11. The molecular formula is C14H16N4O. The van der Waals surface area contributed by atoms with Gasteiger partial charge >= 0.3 is 0 Å². The van der Waals surface area contributed by atoms with Crippen LogP contribution in [0.5, 0.6) is 5.75 Å². The van der Waals surface area contributed by atoms with Gasteiger partial charge in [-0.05, 0) is 18.1 Å². The maximum absolute atomic E-state index is 5.92. The van der Waals surface area contributed by atoms with E-state index in [0.29, 0.717) is 18.3 Å². The van der Waals surface area contributed by atoms with Gasteiger partial charge in [-0.2, -0.15) is 0 Å². The maximum atomic E-state index is 5.92. The van der Waals surface area contributed by atoms with E-state index in [-0.39, 0.29) is 0 Å². The second kappa shape index (κ2) is 4.42. The Hall–Kier alpha value is -2.30. The molecule has 5 nitrogen and oxygen atoms in total. The summed E-state index contributed by atoms with van der Waals surface area (Å²) in [5.74, 6) is 1.73. The average Bonchev–Trinajstić information content (AvgIpc) is 2.85. The van der Waals surface area contributed by atoms with Gasteiger partial charge in [0.25, 0.3) is 0 Å². The molecule has 0 radical (unpaired) electrons. The van der Waals surface area contributed by atoms with E-state index >= 15 is 0 Å². The number of H-pyrrole nitrogens is 1. The first kappa shape index (κ1) is 11.8. The molecule has 0 aliphatic heterocycles. The lowest BCUT2D eigenvalue weighted by Crippen LogP contribution is -2.05. The number of anilines is 1. The van der Waals surface area contributed by atoms with Gasteiger partial charge in [0.15, 0.2) is 0 Å². The number of nitrogens with zero attached hydrogens (tertiary/aromatic N) is 2. The number of benzene rings is 1. The molecule has 0 bridgehead atoms. The number of nitrogens with two attached hydrogens (primary N) is 1. The van der Waals surface area contributed by atoms with E-state index in [9.17, 15) is 0 Å². The van der Waals surface area contributed by atoms with Gasteiger partial charge in [-0.1, -0.05) is 19.9 Å². The first-order chi connectivity index (χ1) is 9.16. The van der Waals surface area contributed by atoms with Crippen LogP contribution in [0, 0.1) is 5.92 Å². The van der Waals surface area contributed by atoms with Crippen LogP contribution < -0.4 is 10.5 Å². The summed E-state index contributed by atoms with van der Waals surface area (Å²) in [5.41, 5.74) is 8.28. The van der Waals surface area contributed by atoms with E-state index in [4.69, 9.17) is 10.5 Å². The van der Waals surface area contributed by atoms with Crippen molar-refractivity contribution in [2.24, 2.45) is 5.92 Å². The molecule has 0 aliphatic rings. The van der Waals surface area contributed by atoms with Crippen LogP contribution in [0.4, 0.5) is 5.82 Å². The van der Waals surface area contributed by atoms with Crippen molar-refractivity contribution in [2.75, 3.05) is 12.3 Å². The van der Waals surface area contributed by atoms with E-state index in [1.807, 2.05) is 18.2 Å². The Labute approximate surface area is 110 Å². The number of hydrogen-bond donors (Lipinski definition) is 2. The van der Waals surface area contributed by atoms with Crippen molar-refractivity contribution < 1.29 is 4.74 Å². The van der Waals surface area contributed by atoms with Gasteiger partial charge in [0.2, 0.25) is 0 Å². The predicted octanol–water partition coefficient (Wildman–Crippen LogP) is 2.73. The van der Waals surface area contributed by atoms with Crippen LogP contribution in [-0.2, 0) is 0 Å². The molecule has 3 aromatic rings. The van der Waals surface area contributed by atoms with Gasteiger partial charge in [0, 0.05) is 0 Å². The minimum Gasteiger partial charge on any atom is -0.493 e. The third-order valence-electron chi connectivity index (χ3n) is 2.95. The smallest absolute Gasteiger partial charge is 0.150 e. The topological polar surface area (TPSA) is 76.8 Å². The molecule has 1 aromatic carbocycles. The van der Waals surface area contributed by atoms with Crippen molar-refractivity contribution in [3.8, 4) is 5.75 Å². The highest BCUT2D eigenvalue weighted by atomic mass is 16.5. The highest BCUT2D eigenvalue weighted by molar-refractivity contribution is 6.08. The normalized spacial score (nSPS) is 11.5. The predicted molar refractivity (Wildman–Crippen MR) is 76.1 cm³/mol. The Bertz CT molecular complexity index is 733. The Morgan fingerprint density at radius 2 is 2.21 bits per heavy atom. The molecule has 3 N–H and O–H groups in total. The number of nitrogens with one attached hydrogen (secondary N) is 1. The number of aromatic amines is 1. The fourth-order valence-corrected chi connectivity index (χ4v) is 2.09. The lowest BCUT2D eigenvalue weighted by atomic mass is 10.1. The number of fused-ring (bicyclic) bond motifs is 3. The van der Waals surface area contributed by atoms with Crippen molar-refractivity contribution in [3.63, 3.8) is 0 Å². The van der Waals surface area contributed by atoms with Crippen LogP contribution in [0.15, 0.2) is 24.5 Å². The van der Waals surface area contributed by atoms with Crippen molar-refractivity contribution in [2.45, 2.75) is 13.8 Å². The summed E-state index contributed by atoms with van der Waals surface area (Å²) in [6.45, 7) is 4.90. The average molecular weight is 256 g/mol. The lowest BCUT2D eigenvalue weighted by molar-refractivity contribution is 0.274. The van der Waals surface area contributed by atoms with Crippen molar-refractivity contribution in [1.82, 2.24) is 15.0 Å². The molecule has 0 saturated carbocycles. The third-order valence-corrected chi connectivity index (χ3v) is 2.95. The number of aromatic nitrogens is 3. The monoisotopic (exact) mass is 256 g/mol. The van der Waals surface area contributed by atoms with Crippen molar-refractivity contribution in [3.05, 3.63) is 24.5 Å². The number of nitrogen functional groups attached to an aromatic ring is 1.